The van der Waals surface area contributed by atoms with Crippen LogP contribution in [-0.4, -0.2) is 33.2 Å². The van der Waals surface area contributed by atoms with Crippen LogP contribution in [0.4, 0.5) is 18.3 Å². The highest BCUT2D eigenvalue weighted by molar-refractivity contribution is 7.15. The number of hydrogen-bond acceptors (Lipinski definition) is 7. The number of benzene rings is 1. The average molecular weight is 410 g/mol. The van der Waals surface area contributed by atoms with E-state index in [2.05, 4.69) is 20.5 Å². The molecule has 0 saturated heterocycles. The Morgan fingerprint density at radius 1 is 1.21 bits per heavy atom. The first-order valence-electron chi connectivity index (χ1n) is 7.94. The molecule has 1 unspecified atom stereocenters. The molecular formula is C17H13F3N4O3S. The summed E-state index contributed by atoms with van der Waals surface area (Å²) in [6, 6.07) is 8.48. The fourth-order valence-corrected chi connectivity index (χ4v) is 2.96. The van der Waals surface area contributed by atoms with Crippen LogP contribution in [0, 0.1) is 6.92 Å². The summed E-state index contributed by atoms with van der Waals surface area (Å²) in [6.07, 6.45) is -5.92. The Morgan fingerprint density at radius 2 is 1.93 bits per heavy atom. The van der Waals surface area contributed by atoms with Crippen LogP contribution in [0.2, 0.25) is 0 Å². The van der Waals surface area contributed by atoms with Gasteiger partial charge in [0.05, 0.1) is 11.1 Å². The second-order valence-electron chi connectivity index (χ2n) is 5.78. The second kappa shape index (κ2) is 7.50. The zero-order chi connectivity index (χ0) is 20.5. The number of aryl methyl sites for hydroxylation is 1. The van der Waals surface area contributed by atoms with Gasteiger partial charge in [-0.3, -0.25) is 15.1 Å². The molecule has 1 atom stereocenters. The molecule has 0 fully saturated rings. The van der Waals surface area contributed by atoms with Gasteiger partial charge < -0.3 is 4.74 Å². The van der Waals surface area contributed by atoms with Crippen LogP contribution in [0.1, 0.15) is 28.0 Å². The number of hydrogen-bond donors (Lipinski definition) is 1. The fraction of sp³-hybridized carbons (Fsp3) is 0.235. The zero-order valence-electron chi connectivity index (χ0n) is 14.6. The molecule has 2 heterocycles. The number of amides is 1. The van der Waals surface area contributed by atoms with E-state index in [9.17, 15) is 22.8 Å². The summed E-state index contributed by atoms with van der Waals surface area (Å²) in [5.74, 6) is -1.58. The van der Waals surface area contributed by atoms with Crippen LogP contribution < -0.4 is 5.32 Å². The number of nitrogens with zero attached hydrogens (tertiary/aromatic N) is 3. The molecule has 1 aromatic carbocycles. The number of fused-ring (bicyclic) bond motifs is 1. The van der Waals surface area contributed by atoms with Crippen LogP contribution in [0.15, 0.2) is 30.3 Å². The Balaban J connectivity index is 1.72. The van der Waals surface area contributed by atoms with Gasteiger partial charge in [0.15, 0.2) is 6.10 Å². The maximum absolute atomic E-state index is 12.5. The smallest absolute Gasteiger partial charge is 0.445 e. The van der Waals surface area contributed by atoms with Gasteiger partial charge in [-0.15, -0.1) is 10.2 Å². The van der Waals surface area contributed by atoms with Gasteiger partial charge in [0.2, 0.25) is 10.1 Å². The lowest BCUT2D eigenvalue weighted by Crippen LogP contribution is -2.30. The van der Waals surface area contributed by atoms with E-state index in [-0.39, 0.29) is 22.0 Å². The summed E-state index contributed by atoms with van der Waals surface area (Å²) >= 11 is 0.177. The predicted molar refractivity (Wildman–Crippen MR) is 94.9 cm³/mol. The average Bonchev–Trinajstić information content (AvgIpc) is 3.09. The van der Waals surface area contributed by atoms with Crippen molar-refractivity contribution in [2.45, 2.75) is 26.1 Å². The molecule has 1 amide bonds. The number of alkyl halides is 3. The number of carbonyl (C=O) groups excluding carboxylic acids is 2. The third kappa shape index (κ3) is 4.25. The largest absolute Gasteiger partial charge is 0.449 e. The number of rotatable bonds is 4. The van der Waals surface area contributed by atoms with Crippen LogP contribution >= 0.6 is 11.3 Å². The number of esters is 1. The monoisotopic (exact) mass is 410 g/mol. The molecule has 0 aliphatic heterocycles. The topological polar surface area (TPSA) is 94.1 Å². The Kier molecular flexibility index (Phi) is 5.27. The number of para-hydroxylation sites is 1. The Morgan fingerprint density at radius 3 is 2.61 bits per heavy atom. The number of halogens is 3. The molecule has 0 saturated carbocycles. The highest BCUT2D eigenvalue weighted by atomic mass is 32.1. The first-order chi connectivity index (χ1) is 13.1. The predicted octanol–water partition coefficient (Wildman–Crippen LogP) is 3.60. The van der Waals surface area contributed by atoms with Crippen molar-refractivity contribution in [1.82, 2.24) is 15.2 Å². The maximum Gasteiger partial charge on any atom is 0.445 e. The number of carbonyl (C=O) groups is 2. The molecule has 146 valence electrons. The van der Waals surface area contributed by atoms with Crippen molar-refractivity contribution in [3.63, 3.8) is 0 Å². The summed E-state index contributed by atoms with van der Waals surface area (Å²) in [5, 5.41) is 7.41. The Labute approximate surface area is 160 Å². The molecule has 3 aromatic rings. The molecular weight excluding hydrogens is 397 g/mol. The lowest BCUT2D eigenvalue weighted by Gasteiger charge is -2.13. The van der Waals surface area contributed by atoms with E-state index in [0.717, 1.165) is 0 Å². The lowest BCUT2D eigenvalue weighted by atomic mass is 10.1. The number of anilines is 1. The van der Waals surface area contributed by atoms with E-state index >= 15 is 0 Å². The molecule has 0 radical (unpaired) electrons. The summed E-state index contributed by atoms with van der Waals surface area (Å²) < 4.78 is 42.8. The van der Waals surface area contributed by atoms with Crippen molar-refractivity contribution < 1.29 is 27.5 Å². The van der Waals surface area contributed by atoms with E-state index in [0.29, 0.717) is 16.6 Å². The maximum atomic E-state index is 12.5. The Hall–Kier alpha value is -3.08. The van der Waals surface area contributed by atoms with Gasteiger partial charge in [-0.25, -0.2) is 4.79 Å². The minimum absolute atomic E-state index is 0.177. The molecule has 7 nitrogen and oxygen atoms in total. The number of pyridine rings is 1. The molecule has 11 heteroatoms. The zero-order valence-corrected chi connectivity index (χ0v) is 15.4. The molecule has 2 aromatic heterocycles. The fourth-order valence-electron chi connectivity index (χ4n) is 2.35. The summed E-state index contributed by atoms with van der Waals surface area (Å²) in [4.78, 5) is 29.0. The highest BCUT2D eigenvalue weighted by Crippen LogP contribution is 2.33. The second-order valence-corrected chi connectivity index (χ2v) is 6.75. The Bertz CT molecular complexity index is 1050. The first kappa shape index (κ1) is 19.7. The highest BCUT2D eigenvalue weighted by Gasteiger charge is 2.36. The molecule has 28 heavy (non-hydrogen) atoms. The van der Waals surface area contributed by atoms with E-state index in [1.165, 1.54) is 13.0 Å². The molecule has 0 aliphatic carbocycles. The SMILES string of the molecule is Cc1cc(C(=O)OC(C)C(=O)Nc2nnc(C(F)(F)F)s2)c2ccccc2n1. The van der Waals surface area contributed by atoms with Crippen LogP contribution in [0.25, 0.3) is 10.9 Å². The van der Waals surface area contributed by atoms with Gasteiger partial charge >= 0.3 is 12.1 Å². The van der Waals surface area contributed by atoms with Gasteiger partial charge in [0.1, 0.15) is 0 Å². The third-order valence-corrected chi connectivity index (χ3v) is 4.50. The van der Waals surface area contributed by atoms with Crippen molar-refractivity contribution >= 4 is 39.2 Å². The number of ether oxygens (including phenoxy) is 1. The molecule has 0 spiro atoms. The molecule has 0 aliphatic rings. The van der Waals surface area contributed by atoms with Crippen molar-refractivity contribution in [2.24, 2.45) is 0 Å². The van der Waals surface area contributed by atoms with Crippen molar-refractivity contribution in [3.8, 4) is 0 Å². The van der Waals surface area contributed by atoms with Crippen LogP contribution in [0.3, 0.4) is 0 Å². The van der Waals surface area contributed by atoms with Gasteiger partial charge in [-0.1, -0.05) is 29.5 Å². The van der Waals surface area contributed by atoms with Gasteiger partial charge in [-0.05, 0) is 26.0 Å². The molecule has 3 rings (SSSR count). The minimum atomic E-state index is -4.65. The number of nitrogens with one attached hydrogen (secondary N) is 1. The summed E-state index contributed by atoms with van der Waals surface area (Å²) in [5.41, 5.74) is 1.43. The van der Waals surface area contributed by atoms with Crippen molar-refractivity contribution in [3.05, 3.63) is 46.6 Å². The molecule has 0 bridgehead atoms. The van der Waals surface area contributed by atoms with Gasteiger partial charge in [0, 0.05) is 11.1 Å². The van der Waals surface area contributed by atoms with E-state index in [1.807, 2.05) is 0 Å². The quantitative estimate of drug-likeness (QED) is 0.661. The third-order valence-electron chi connectivity index (χ3n) is 3.61. The molecule has 1 N–H and O–H groups in total. The normalized spacial score (nSPS) is 12.6. The van der Waals surface area contributed by atoms with E-state index in [1.54, 1.807) is 31.2 Å². The minimum Gasteiger partial charge on any atom is -0.449 e. The van der Waals surface area contributed by atoms with Gasteiger partial charge in [0.25, 0.3) is 5.91 Å². The standard InChI is InChI=1S/C17H13F3N4O3S/c1-8-7-11(10-5-3-4-6-12(10)21-8)14(26)27-9(2)13(25)22-16-24-23-15(28-16)17(18,19)20/h3-7,9H,1-2H3,(H,22,24,25). The lowest BCUT2D eigenvalue weighted by molar-refractivity contribution is -0.138. The van der Waals surface area contributed by atoms with Crippen molar-refractivity contribution in [1.29, 1.82) is 0 Å². The van der Waals surface area contributed by atoms with Crippen LogP contribution in [-0.2, 0) is 15.7 Å². The van der Waals surface area contributed by atoms with Crippen molar-refractivity contribution in [2.75, 3.05) is 5.32 Å². The van der Waals surface area contributed by atoms with E-state index in [4.69, 9.17) is 4.74 Å². The summed E-state index contributed by atoms with van der Waals surface area (Å²) in [6.45, 7) is 3.02. The van der Waals surface area contributed by atoms with Crippen LogP contribution in [0.5, 0.6) is 0 Å². The number of aromatic nitrogens is 3. The van der Waals surface area contributed by atoms with Gasteiger partial charge in [-0.2, -0.15) is 13.2 Å². The first-order valence-corrected chi connectivity index (χ1v) is 8.75. The summed E-state index contributed by atoms with van der Waals surface area (Å²) in [7, 11) is 0. The van der Waals surface area contributed by atoms with E-state index < -0.39 is 29.2 Å².